The van der Waals surface area contributed by atoms with Gasteiger partial charge in [-0.3, -0.25) is 9.89 Å². The molecule has 2 aliphatic rings. The second-order valence-electron chi connectivity index (χ2n) is 6.62. The van der Waals surface area contributed by atoms with Crippen molar-refractivity contribution in [3.8, 4) is 0 Å². The van der Waals surface area contributed by atoms with Crippen molar-refractivity contribution in [2.24, 2.45) is 5.41 Å². The van der Waals surface area contributed by atoms with Gasteiger partial charge >= 0.3 is 0 Å². The topological polar surface area (TPSA) is 98.7 Å². The largest absolute Gasteiger partial charge is 0.396 e. The zero-order valence-corrected chi connectivity index (χ0v) is 13.5. The highest BCUT2D eigenvalue weighted by Crippen LogP contribution is 2.36. The Morgan fingerprint density at radius 3 is 3.09 bits per heavy atom. The fourth-order valence-electron chi connectivity index (χ4n) is 3.69. The van der Waals surface area contributed by atoms with E-state index in [-0.39, 0.29) is 19.1 Å². The number of carbonyl (C=O) groups is 1. The number of carbonyl (C=O) groups excluding carboxylic acids is 1. The number of aliphatic hydroxyl groups is 2. The number of aliphatic hydroxyl groups excluding tert-OH is 2. The molecule has 1 amide bonds. The zero-order valence-electron chi connectivity index (χ0n) is 13.5. The first kappa shape index (κ1) is 16.4. The van der Waals surface area contributed by atoms with Crippen molar-refractivity contribution in [3.63, 3.8) is 0 Å². The number of ether oxygens (including phenoxy) is 1. The highest BCUT2D eigenvalue weighted by molar-refractivity contribution is 5.94. The van der Waals surface area contributed by atoms with E-state index >= 15 is 0 Å². The molecule has 1 aromatic heterocycles. The van der Waals surface area contributed by atoms with E-state index in [9.17, 15) is 15.0 Å². The molecule has 3 N–H and O–H groups in total. The molecule has 7 nitrogen and oxygen atoms in total. The molecule has 23 heavy (non-hydrogen) atoms. The average Bonchev–Trinajstić information content (AvgIpc) is 3.00. The smallest absolute Gasteiger partial charge is 0.274 e. The molecule has 1 saturated heterocycles. The van der Waals surface area contributed by atoms with Crippen molar-refractivity contribution in [3.05, 3.63) is 17.0 Å². The summed E-state index contributed by atoms with van der Waals surface area (Å²) < 4.78 is 5.42. The van der Waals surface area contributed by atoms with Gasteiger partial charge in [0.05, 0.1) is 25.9 Å². The van der Waals surface area contributed by atoms with Gasteiger partial charge in [-0.1, -0.05) is 13.3 Å². The van der Waals surface area contributed by atoms with Gasteiger partial charge in [0.2, 0.25) is 0 Å². The number of piperidine rings is 1. The van der Waals surface area contributed by atoms with E-state index in [1.165, 1.54) is 0 Å². The molecule has 0 saturated carbocycles. The van der Waals surface area contributed by atoms with Crippen LogP contribution in [0.5, 0.6) is 0 Å². The molecule has 0 bridgehead atoms. The molecule has 2 atom stereocenters. The number of hydrogen-bond donors (Lipinski definition) is 3. The molecular formula is C16H25N3O4. The van der Waals surface area contributed by atoms with Crippen molar-refractivity contribution in [2.75, 3.05) is 26.3 Å². The highest BCUT2D eigenvalue weighted by Gasteiger charge is 2.43. The Bertz CT molecular complexity index is 574. The number of β-amino-alcohol motifs (C(OH)–C–C–N with tert-alkyl or cyclic N) is 1. The monoisotopic (exact) mass is 323 g/mol. The quantitative estimate of drug-likeness (QED) is 0.748. The number of H-pyrrole nitrogens is 1. The summed E-state index contributed by atoms with van der Waals surface area (Å²) in [6, 6.07) is 0. The minimum Gasteiger partial charge on any atom is -0.396 e. The Morgan fingerprint density at radius 1 is 1.57 bits per heavy atom. The van der Waals surface area contributed by atoms with E-state index in [4.69, 9.17) is 4.74 Å². The summed E-state index contributed by atoms with van der Waals surface area (Å²) in [5, 5.41) is 27.3. The second kappa shape index (κ2) is 6.59. The van der Waals surface area contributed by atoms with E-state index in [0.29, 0.717) is 31.9 Å². The van der Waals surface area contributed by atoms with Gasteiger partial charge in [-0.2, -0.15) is 5.10 Å². The summed E-state index contributed by atoms with van der Waals surface area (Å²) in [6.07, 6.45) is 2.29. The normalized spacial score (nSPS) is 27.8. The molecule has 0 unspecified atom stereocenters. The Hall–Kier alpha value is -1.44. The molecule has 3 rings (SSSR count). The summed E-state index contributed by atoms with van der Waals surface area (Å²) in [7, 11) is 0. The van der Waals surface area contributed by atoms with Crippen LogP contribution in [0.4, 0.5) is 0 Å². The zero-order chi connectivity index (χ0) is 16.4. The molecule has 1 aromatic rings. The fraction of sp³-hybridized carbons (Fsp3) is 0.750. The van der Waals surface area contributed by atoms with Gasteiger partial charge in [-0.15, -0.1) is 0 Å². The number of aromatic amines is 1. The van der Waals surface area contributed by atoms with E-state index in [2.05, 4.69) is 10.2 Å². The van der Waals surface area contributed by atoms with Crippen LogP contribution in [0.15, 0.2) is 0 Å². The maximum atomic E-state index is 12.7. The SMILES string of the molecule is CCC[C@]1(CO)CCN(C(=O)c2n[nH]c3c2COCC3)C[C@H]1O. The van der Waals surface area contributed by atoms with Crippen LogP contribution in [0, 0.1) is 5.41 Å². The van der Waals surface area contributed by atoms with E-state index in [1.807, 2.05) is 6.92 Å². The predicted molar refractivity (Wildman–Crippen MR) is 82.9 cm³/mol. The van der Waals surface area contributed by atoms with Crippen LogP contribution in [0.2, 0.25) is 0 Å². The van der Waals surface area contributed by atoms with Gasteiger partial charge in [0.15, 0.2) is 5.69 Å². The molecule has 3 heterocycles. The van der Waals surface area contributed by atoms with E-state index in [0.717, 1.165) is 30.5 Å². The van der Waals surface area contributed by atoms with Crippen molar-refractivity contribution >= 4 is 5.91 Å². The Morgan fingerprint density at radius 2 is 2.39 bits per heavy atom. The summed E-state index contributed by atoms with van der Waals surface area (Å²) in [6.45, 7) is 3.80. The number of nitrogens with zero attached hydrogens (tertiary/aromatic N) is 2. The van der Waals surface area contributed by atoms with Crippen LogP contribution in [-0.4, -0.2) is 63.6 Å². The fourth-order valence-corrected chi connectivity index (χ4v) is 3.69. The first-order valence-corrected chi connectivity index (χ1v) is 8.33. The standard InChI is InChI=1S/C16H25N3O4/c1-2-4-16(10-20)5-6-19(8-13(16)21)15(22)14-11-9-23-7-3-12(11)17-18-14/h13,20-21H,2-10H2,1H3,(H,17,18)/t13-,16-/m1/s1. The lowest BCUT2D eigenvalue weighted by atomic mass is 9.73. The molecular weight excluding hydrogens is 298 g/mol. The van der Waals surface area contributed by atoms with E-state index in [1.54, 1.807) is 4.90 Å². The summed E-state index contributed by atoms with van der Waals surface area (Å²) >= 11 is 0. The van der Waals surface area contributed by atoms with Crippen molar-refractivity contribution in [2.45, 2.75) is 45.3 Å². The molecule has 7 heteroatoms. The molecule has 2 aliphatic heterocycles. The van der Waals surface area contributed by atoms with Crippen LogP contribution in [-0.2, 0) is 17.8 Å². The number of fused-ring (bicyclic) bond motifs is 1. The van der Waals surface area contributed by atoms with Gasteiger partial charge in [-0.25, -0.2) is 0 Å². The number of aromatic nitrogens is 2. The number of likely N-dealkylation sites (tertiary alicyclic amines) is 1. The van der Waals surface area contributed by atoms with Crippen LogP contribution in [0.25, 0.3) is 0 Å². The lowest BCUT2D eigenvalue weighted by molar-refractivity contribution is -0.0714. The molecule has 0 aromatic carbocycles. The van der Waals surface area contributed by atoms with Crippen molar-refractivity contribution < 1.29 is 19.7 Å². The van der Waals surface area contributed by atoms with Crippen molar-refractivity contribution in [1.29, 1.82) is 0 Å². The van der Waals surface area contributed by atoms with Crippen LogP contribution >= 0.6 is 0 Å². The summed E-state index contributed by atoms with van der Waals surface area (Å²) in [5.41, 5.74) is 1.72. The summed E-state index contributed by atoms with van der Waals surface area (Å²) in [4.78, 5) is 14.4. The number of nitrogens with one attached hydrogen (secondary N) is 1. The number of amides is 1. The highest BCUT2D eigenvalue weighted by atomic mass is 16.5. The van der Waals surface area contributed by atoms with Gasteiger partial charge in [0, 0.05) is 36.2 Å². The molecule has 1 fully saturated rings. The minimum atomic E-state index is -0.712. The summed E-state index contributed by atoms with van der Waals surface area (Å²) in [5.74, 6) is -0.171. The van der Waals surface area contributed by atoms with Crippen LogP contribution in [0.1, 0.15) is 47.9 Å². The third-order valence-corrected chi connectivity index (χ3v) is 5.23. The van der Waals surface area contributed by atoms with Crippen LogP contribution < -0.4 is 0 Å². The first-order valence-electron chi connectivity index (χ1n) is 8.33. The molecule has 128 valence electrons. The van der Waals surface area contributed by atoms with Gasteiger partial charge in [-0.05, 0) is 12.8 Å². The third-order valence-electron chi connectivity index (χ3n) is 5.23. The Balaban J connectivity index is 1.74. The Labute approximate surface area is 135 Å². The maximum Gasteiger partial charge on any atom is 0.274 e. The molecule has 0 radical (unpaired) electrons. The lowest BCUT2D eigenvalue weighted by Gasteiger charge is -2.44. The Kier molecular flexibility index (Phi) is 4.70. The lowest BCUT2D eigenvalue weighted by Crippen LogP contribution is -2.54. The third kappa shape index (κ3) is 2.88. The van der Waals surface area contributed by atoms with Gasteiger partial charge in [0.1, 0.15) is 0 Å². The van der Waals surface area contributed by atoms with Crippen molar-refractivity contribution in [1.82, 2.24) is 15.1 Å². The molecule has 0 spiro atoms. The van der Waals surface area contributed by atoms with Crippen LogP contribution in [0.3, 0.4) is 0 Å². The molecule has 0 aliphatic carbocycles. The second-order valence-corrected chi connectivity index (χ2v) is 6.62. The number of hydrogen-bond acceptors (Lipinski definition) is 5. The average molecular weight is 323 g/mol. The number of rotatable bonds is 4. The minimum absolute atomic E-state index is 0.0460. The van der Waals surface area contributed by atoms with Gasteiger partial charge in [0.25, 0.3) is 5.91 Å². The first-order chi connectivity index (χ1) is 11.1. The predicted octanol–water partition coefficient (Wildman–Crippen LogP) is 0.468. The van der Waals surface area contributed by atoms with Gasteiger partial charge < -0.3 is 19.8 Å². The van der Waals surface area contributed by atoms with E-state index < -0.39 is 11.5 Å². The maximum absolute atomic E-state index is 12.7.